The van der Waals surface area contributed by atoms with Crippen LogP contribution in [0, 0.1) is 5.82 Å². The molecule has 1 amide bonds. The first-order chi connectivity index (χ1) is 12.8. The van der Waals surface area contributed by atoms with E-state index in [9.17, 15) is 17.6 Å². The molecule has 1 N–H and O–H groups in total. The van der Waals surface area contributed by atoms with Crippen molar-refractivity contribution in [1.82, 2.24) is 4.72 Å². The lowest BCUT2D eigenvalue weighted by Crippen LogP contribution is -2.31. The number of carbonyl (C=O) groups is 1. The van der Waals surface area contributed by atoms with Gasteiger partial charge in [-0.05, 0) is 43.7 Å². The summed E-state index contributed by atoms with van der Waals surface area (Å²) in [5, 5.41) is -0.0791. The zero-order valence-corrected chi connectivity index (χ0v) is 16.4. The third-order valence-corrected chi connectivity index (χ3v) is 5.10. The van der Waals surface area contributed by atoms with Crippen molar-refractivity contribution in [3.63, 3.8) is 0 Å². The van der Waals surface area contributed by atoms with Crippen molar-refractivity contribution < 1.29 is 27.1 Å². The van der Waals surface area contributed by atoms with Gasteiger partial charge in [0.2, 0.25) is 5.91 Å². The Kier molecular flexibility index (Phi) is 7.04. The Morgan fingerprint density at radius 1 is 1.07 bits per heavy atom. The lowest BCUT2D eigenvalue weighted by molar-refractivity contribution is -0.118. The summed E-state index contributed by atoms with van der Waals surface area (Å²) in [6, 6.07) is 7.88. The maximum atomic E-state index is 13.4. The maximum absolute atomic E-state index is 13.4. The van der Waals surface area contributed by atoms with Gasteiger partial charge in [-0.2, -0.15) is 0 Å². The fourth-order valence-electron chi connectivity index (χ4n) is 2.28. The summed E-state index contributed by atoms with van der Waals surface area (Å²) in [7, 11) is -4.13. The number of amides is 1. The molecule has 0 heterocycles. The lowest BCUT2D eigenvalue weighted by Gasteiger charge is -2.13. The molecule has 0 atom stereocenters. The van der Waals surface area contributed by atoms with Gasteiger partial charge in [-0.3, -0.25) is 4.79 Å². The zero-order valence-electron chi connectivity index (χ0n) is 14.8. The van der Waals surface area contributed by atoms with Gasteiger partial charge in [0, 0.05) is 6.07 Å². The van der Waals surface area contributed by atoms with E-state index >= 15 is 0 Å². The van der Waals surface area contributed by atoms with Gasteiger partial charge in [0.15, 0.2) is 11.5 Å². The van der Waals surface area contributed by atoms with Crippen LogP contribution in [0.15, 0.2) is 41.3 Å². The van der Waals surface area contributed by atoms with E-state index in [0.717, 1.165) is 6.07 Å². The van der Waals surface area contributed by atoms with Gasteiger partial charge in [0.25, 0.3) is 10.0 Å². The molecule has 0 saturated carbocycles. The van der Waals surface area contributed by atoms with Crippen LogP contribution in [0.1, 0.15) is 19.4 Å². The second-order valence-corrected chi connectivity index (χ2v) is 7.52. The SMILES string of the molecule is CCOc1ccc(S(=O)(=O)NC(=O)Cc2ccc(Cl)c(F)c2)cc1OCC. The van der Waals surface area contributed by atoms with Crippen LogP contribution in [0.4, 0.5) is 4.39 Å². The Hall–Kier alpha value is -2.32. The van der Waals surface area contributed by atoms with Crippen LogP contribution in [0.5, 0.6) is 11.5 Å². The van der Waals surface area contributed by atoms with Crippen LogP contribution in [-0.2, 0) is 21.2 Å². The quantitative estimate of drug-likeness (QED) is 0.715. The molecule has 9 heteroatoms. The molecule has 0 aromatic heterocycles. The van der Waals surface area contributed by atoms with E-state index in [4.69, 9.17) is 21.1 Å². The number of sulfonamides is 1. The first-order valence-corrected chi connectivity index (χ1v) is 10.0. The molecule has 2 aromatic carbocycles. The minimum atomic E-state index is -4.13. The standard InChI is InChI=1S/C18H19ClFNO5S/c1-3-25-16-8-6-13(11-17(16)26-4-2)27(23,24)21-18(22)10-12-5-7-14(19)15(20)9-12/h5-9,11H,3-4,10H2,1-2H3,(H,21,22). The molecule has 0 fully saturated rings. The first-order valence-electron chi connectivity index (χ1n) is 8.16. The molecular formula is C18H19ClFNO5S. The summed E-state index contributed by atoms with van der Waals surface area (Å²) in [5.41, 5.74) is 0.297. The van der Waals surface area contributed by atoms with Crippen molar-refractivity contribution in [2.45, 2.75) is 25.2 Å². The summed E-state index contributed by atoms with van der Waals surface area (Å²) in [4.78, 5) is 11.9. The molecule has 0 unspecified atom stereocenters. The van der Waals surface area contributed by atoms with E-state index in [0.29, 0.717) is 24.5 Å². The van der Waals surface area contributed by atoms with Crippen molar-refractivity contribution in [2.75, 3.05) is 13.2 Å². The number of carbonyl (C=O) groups excluding carboxylic acids is 1. The number of nitrogens with one attached hydrogen (secondary N) is 1. The molecule has 0 aliphatic heterocycles. The van der Waals surface area contributed by atoms with Crippen molar-refractivity contribution in [2.24, 2.45) is 0 Å². The monoisotopic (exact) mass is 415 g/mol. The molecule has 0 aliphatic carbocycles. The summed E-state index contributed by atoms with van der Waals surface area (Å²) in [6.07, 6.45) is -0.317. The zero-order chi connectivity index (χ0) is 20.0. The molecule has 0 bridgehead atoms. The molecule has 0 spiro atoms. The third kappa shape index (κ3) is 5.58. The van der Waals surface area contributed by atoms with Gasteiger partial charge >= 0.3 is 0 Å². The van der Waals surface area contributed by atoms with Crippen molar-refractivity contribution in [3.05, 3.63) is 52.8 Å². The fraction of sp³-hybridized carbons (Fsp3) is 0.278. The normalized spacial score (nSPS) is 11.1. The van der Waals surface area contributed by atoms with Gasteiger partial charge in [0.1, 0.15) is 5.82 Å². The minimum absolute atomic E-state index is 0.0791. The van der Waals surface area contributed by atoms with Crippen LogP contribution in [0.25, 0.3) is 0 Å². The molecule has 6 nitrogen and oxygen atoms in total. The summed E-state index contributed by atoms with van der Waals surface area (Å²) in [5.74, 6) is -0.822. The van der Waals surface area contributed by atoms with Gasteiger partial charge in [-0.25, -0.2) is 17.5 Å². The van der Waals surface area contributed by atoms with Gasteiger partial charge < -0.3 is 9.47 Å². The smallest absolute Gasteiger partial charge is 0.264 e. The molecule has 146 valence electrons. The highest BCUT2D eigenvalue weighted by Crippen LogP contribution is 2.30. The predicted molar refractivity (Wildman–Crippen MR) is 99.2 cm³/mol. The molecular weight excluding hydrogens is 397 g/mol. The Labute approximate surface area is 162 Å². The number of hydrogen-bond acceptors (Lipinski definition) is 5. The number of halogens is 2. The largest absolute Gasteiger partial charge is 0.490 e. The van der Waals surface area contributed by atoms with Gasteiger partial charge in [-0.15, -0.1) is 0 Å². The van der Waals surface area contributed by atoms with E-state index < -0.39 is 21.7 Å². The molecule has 2 aromatic rings. The van der Waals surface area contributed by atoms with Crippen molar-refractivity contribution in [3.8, 4) is 11.5 Å². The Balaban J connectivity index is 2.18. The molecule has 27 heavy (non-hydrogen) atoms. The average molecular weight is 416 g/mol. The number of ether oxygens (including phenoxy) is 2. The molecule has 0 aliphatic rings. The first kappa shape index (κ1) is 21.0. The van der Waals surface area contributed by atoms with Crippen LogP contribution in [0.3, 0.4) is 0 Å². The van der Waals surface area contributed by atoms with Crippen LogP contribution >= 0.6 is 11.6 Å². The van der Waals surface area contributed by atoms with E-state index in [1.807, 2.05) is 4.72 Å². The van der Waals surface area contributed by atoms with E-state index in [1.54, 1.807) is 13.8 Å². The van der Waals surface area contributed by atoms with E-state index in [1.165, 1.54) is 30.3 Å². The fourth-order valence-corrected chi connectivity index (χ4v) is 3.40. The van der Waals surface area contributed by atoms with Gasteiger partial charge in [0.05, 0.1) is 29.6 Å². The molecule has 2 rings (SSSR count). The van der Waals surface area contributed by atoms with Crippen LogP contribution < -0.4 is 14.2 Å². The van der Waals surface area contributed by atoms with Crippen molar-refractivity contribution in [1.29, 1.82) is 0 Å². The predicted octanol–water partition coefficient (Wildman–Crippen LogP) is 3.32. The van der Waals surface area contributed by atoms with E-state index in [2.05, 4.69) is 0 Å². The highest BCUT2D eigenvalue weighted by atomic mass is 35.5. The lowest BCUT2D eigenvalue weighted by atomic mass is 10.1. The second-order valence-electron chi connectivity index (χ2n) is 5.43. The maximum Gasteiger partial charge on any atom is 0.264 e. The van der Waals surface area contributed by atoms with Crippen molar-refractivity contribution >= 4 is 27.5 Å². The topological polar surface area (TPSA) is 81.7 Å². The van der Waals surface area contributed by atoms with Crippen LogP contribution in [-0.4, -0.2) is 27.5 Å². The minimum Gasteiger partial charge on any atom is -0.490 e. The summed E-state index contributed by atoms with van der Waals surface area (Å²) < 4.78 is 51.1. The third-order valence-electron chi connectivity index (χ3n) is 3.42. The Morgan fingerprint density at radius 2 is 1.74 bits per heavy atom. The van der Waals surface area contributed by atoms with E-state index in [-0.39, 0.29) is 22.1 Å². The summed E-state index contributed by atoms with van der Waals surface area (Å²) >= 11 is 5.59. The Bertz CT molecular complexity index is 933. The average Bonchev–Trinajstić information content (AvgIpc) is 2.59. The number of benzene rings is 2. The molecule has 0 radical (unpaired) electrons. The number of rotatable bonds is 8. The Morgan fingerprint density at radius 3 is 2.37 bits per heavy atom. The highest BCUT2D eigenvalue weighted by molar-refractivity contribution is 7.90. The number of hydrogen-bond donors (Lipinski definition) is 1. The highest BCUT2D eigenvalue weighted by Gasteiger charge is 2.20. The van der Waals surface area contributed by atoms with Gasteiger partial charge in [-0.1, -0.05) is 17.7 Å². The second kappa shape index (κ2) is 9.05. The summed E-state index contributed by atoms with van der Waals surface area (Å²) in [6.45, 7) is 4.25. The van der Waals surface area contributed by atoms with Crippen LogP contribution in [0.2, 0.25) is 5.02 Å². The molecule has 0 saturated heterocycles.